The molecule has 2 aromatic carbocycles. The Morgan fingerprint density at radius 1 is 1.29 bits per heavy atom. The van der Waals surface area contributed by atoms with Crippen molar-refractivity contribution >= 4 is 16.7 Å². The van der Waals surface area contributed by atoms with Crippen LogP contribution in [-0.4, -0.2) is 36.6 Å². The molecular formula is C17H20N2O2. The fourth-order valence-corrected chi connectivity index (χ4v) is 3.00. The molecule has 1 unspecified atom stereocenters. The highest BCUT2D eigenvalue weighted by Gasteiger charge is 2.28. The van der Waals surface area contributed by atoms with E-state index in [0.29, 0.717) is 13.2 Å². The van der Waals surface area contributed by atoms with Gasteiger partial charge in [0.2, 0.25) is 5.91 Å². The molecule has 4 heteroatoms. The van der Waals surface area contributed by atoms with Crippen LogP contribution in [0.5, 0.6) is 0 Å². The molecule has 0 saturated carbocycles. The lowest BCUT2D eigenvalue weighted by molar-refractivity contribution is -0.136. The van der Waals surface area contributed by atoms with Crippen LogP contribution in [0.1, 0.15) is 18.5 Å². The number of carbonyl (C=O) groups is 1. The van der Waals surface area contributed by atoms with Crippen molar-refractivity contribution in [3.63, 3.8) is 0 Å². The molecule has 1 aliphatic heterocycles. The minimum Gasteiger partial charge on any atom is -0.367 e. The first-order valence-corrected chi connectivity index (χ1v) is 7.29. The fraction of sp³-hybridized carbons (Fsp3) is 0.353. The van der Waals surface area contributed by atoms with Crippen LogP contribution in [0.25, 0.3) is 10.8 Å². The van der Waals surface area contributed by atoms with Crippen molar-refractivity contribution in [3.05, 3.63) is 48.0 Å². The van der Waals surface area contributed by atoms with E-state index < -0.39 is 6.10 Å². The van der Waals surface area contributed by atoms with Gasteiger partial charge in [-0.05, 0) is 23.3 Å². The van der Waals surface area contributed by atoms with Crippen LogP contribution in [0, 0.1) is 0 Å². The maximum atomic E-state index is 11.3. The summed E-state index contributed by atoms with van der Waals surface area (Å²) in [5.74, 6) is -0.384. The van der Waals surface area contributed by atoms with Crippen molar-refractivity contribution in [2.75, 3.05) is 19.7 Å². The van der Waals surface area contributed by atoms with E-state index in [9.17, 15) is 4.79 Å². The van der Waals surface area contributed by atoms with Gasteiger partial charge in [-0.2, -0.15) is 0 Å². The van der Waals surface area contributed by atoms with E-state index in [1.54, 1.807) is 0 Å². The van der Waals surface area contributed by atoms with Crippen molar-refractivity contribution in [2.24, 2.45) is 5.73 Å². The number of nitrogens with zero attached hydrogens (tertiary/aromatic N) is 1. The second kappa shape index (κ2) is 5.84. The molecule has 0 aromatic heterocycles. The van der Waals surface area contributed by atoms with Crippen molar-refractivity contribution in [1.82, 2.24) is 4.90 Å². The molecule has 2 atom stereocenters. The molecule has 0 bridgehead atoms. The van der Waals surface area contributed by atoms with Crippen LogP contribution < -0.4 is 5.73 Å². The highest BCUT2D eigenvalue weighted by molar-refractivity contribution is 5.86. The summed E-state index contributed by atoms with van der Waals surface area (Å²) in [5.41, 5.74) is 6.64. The molecule has 2 N–H and O–H groups in total. The summed E-state index contributed by atoms with van der Waals surface area (Å²) in [6, 6.07) is 15.0. The van der Waals surface area contributed by atoms with Crippen LogP contribution in [0.4, 0.5) is 0 Å². The Hall–Kier alpha value is -1.91. The number of morpholine rings is 1. The van der Waals surface area contributed by atoms with E-state index in [0.717, 1.165) is 6.54 Å². The highest BCUT2D eigenvalue weighted by Crippen LogP contribution is 2.29. The van der Waals surface area contributed by atoms with E-state index in [2.05, 4.69) is 54.3 Å². The minimum absolute atomic E-state index is 0.224. The Morgan fingerprint density at radius 2 is 2.05 bits per heavy atom. The van der Waals surface area contributed by atoms with Gasteiger partial charge in [0.25, 0.3) is 0 Å². The van der Waals surface area contributed by atoms with Gasteiger partial charge in [-0.15, -0.1) is 0 Å². The van der Waals surface area contributed by atoms with Gasteiger partial charge >= 0.3 is 0 Å². The third-order valence-electron chi connectivity index (χ3n) is 4.24. The maximum absolute atomic E-state index is 11.3. The lowest BCUT2D eigenvalue weighted by Crippen LogP contribution is -2.49. The van der Waals surface area contributed by atoms with Gasteiger partial charge in [0.1, 0.15) is 6.10 Å². The second-order valence-electron chi connectivity index (χ2n) is 5.50. The average Bonchev–Trinajstić information content (AvgIpc) is 2.53. The number of benzene rings is 2. The van der Waals surface area contributed by atoms with Crippen LogP contribution in [0.15, 0.2) is 42.5 Å². The van der Waals surface area contributed by atoms with E-state index in [4.69, 9.17) is 10.5 Å². The van der Waals surface area contributed by atoms with Gasteiger partial charge in [0.15, 0.2) is 0 Å². The van der Waals surface area contributed by atoms with Crippen LogP contribution in [0.3, 0.4) is 0 Å². The normalized spacial score (nSPS) is 21.3. The Labute approximate surface area is 124 Å². The summed E-state index contributed by atoms with van der Waals surface area (Å²) in [4.78, 5) is 13.6. The molecule has 1 fully saturated rings. The molecule has 1 aliphatic rings. The number of ether oxygens (including phenoxy) is 1. The summed E-state index contributed by atoms with van der Waals surface area (Å²) in [7, 11) is 0. The van der Waals surface area contributed by atoms with Crippen molar-refractivity contribution in [3.8, 4) is 0 Å². The molecule has 21 heavy (non-hydrogen) atoms. The van der Waals surface area contributed by atoms with Crippen LogP contribution in [0.2, 0.25) is 0 Å². The van der Waals surface area contributed by atoms with Gasteiger partial charge in [0, 0.05) is 19.1 Å². The maximum Gasteiger partial charge on any atom is 0.247 e. The average molecular weight is 284 g/mol. The number of carbonyl (C=O) groups excluding carboxylic acids is 1. The standard InChI is InChI=1S/C17H20N2O2/c1-12(19-9-10-21-16(11-19)17(18)20)14-8-4-6-13-5-2-3-7-15(13)14/h2-8,12,16H,9-11H2,1H3,(H2,18,20)/t12-,16?/m1/s1. The molecular weight excluding hydrogens is 264 g/mol. The molecule has 3 rings (SSSR count). The summed E-state index contributed by atoms with van der Waals surface area (Å²) >= 11 is 0. The summed E-state index contributed by atoms with van der Waals surface area (Å²) in [6.07, 6.45) is -0.504. The zero-order valence-corrected chi connectivity index (χ0v) is 12.2. The van der Waals surface area contributed by atoms with Gasteiger partial charge in [-0.1, -0.05) is 42.5 Å². The molecule has 110 valence electrons. The first-order chi connectivity index (χ1) is 10.2. The molecule has 1 heterocycles. The lowest BCUT2D eigenvalue weighted by Gasteiger charge is -2.36. The monoisotopic (exact) mass is 284 g/mol. The van der Waals surface area contributed by atoms with Gasteiger partial charge in [-0.3, -0.25) is 9.69 Å². The van der Waals surface area contributed by atoms with Crippen molar-refractivity contribution < 1.29 is 9.53 Å². The number of rotatable bonds is 3. The van der Waals surface area contributed by atoms with Crippen LogP contribution in [-0.2, 0) is 9.53 Å². The molecule has 0 aliphatic carbocycles. The number of primary amides is 1. The first-order valence-electron chi connectivity index (χ1n) is 7.29. The number of hydrogen-bond donors (Lipinski definition) is 1. The lowest BCUT2D eigenvalue weighted by atomic mass is 9.98. The summed E-state index contributed by atoms with van der Waals surface area (Å²) < 4.78 is 5.43. The topological polar surface area (TPSA) is 55.6 Å². The van der Waals surface area contributed by atoms with E-state index in [1.165, 1.54) is 16.3 Å². The SMILES string of the molecule is C[C@H](c1cccc2ccccc12)N1CCOC(C(N)=O)C1. The third kappa shape index (κ3) is 2.77. The molecule has 0 spiro atoms. The van der Waals surface area contributed by atoms with Crippen molar-refractivity contribution in [1.29, 1.82) is 0 Å². The number of nitrogens with two attached hydrogens (primary N) is 1. The predicted molar refractivity (Wildman–Crippen MR) is 82.9 cm³/mol. The van der Waals surface area contributed by atoms with Gasteiger partial charge < -0.3 is 10.5 Å². The van der Waals surface area contributed by atoms with E-state index in [-0.39, 0.29) is 11.9 Å². The first kappa shape index (κ1) is 14.0. The summed E-state index contributed by atoms with van der Waals surface area (Å²) in [6.45, 7) is 4.09. The summed E-state index contributed by atoms with van der Waals surface area (Å²) in [5, 5.41) is 2.50. The quantitative estimate of drug-likeness (QED) is 0.939. The zero-order chi connectivity index (χ0) is 14.8. The Bertz CT molecular complexity index is 651. The number of hydrogen-bond acceptors (Lipinski definition) is 3. The van der Waals surface area contributed by atoms with E-state index >= 15 is 0 Å². The molecule has 1 amide bonds. The molecule has 2 aromatic rings. The van der Waals surface area contributed by atoms with Gasteiger partial charge in [0.05, 0.1) is 6.61 Å². The van der Waals surface area contributed by atoms with Crippen LogP contribution >= 0.6 is 0 Å². The highest BCUT2D eigenvalue weighted by atomic mass is 16.5. The zero-order valence-electron chi connectivity index (χ0n) is 12.2. The number of amides is 1. The third-order valence-corrected chi connectivity index (χ3v) is 4.24. The Kier molecular flexibility index (Phi) is 3.90. The second-order valence-corrected chi connectivity index (χ2v) is 5.50. The van der Waals surface area contributed by atoms with Gasteiger partial charge in [-0.25, -0.2) is 0 Å². The Morgan fingerprint density at radius 3 is 2.86 bits per heavy atom. The molecule has 4 nitrogen and oxygen atoms in total. The largest absolute Gasteiger partial charge is 0.367 e. The Balaban J connectivity index is 1.90. The molecule has 1 saturated heterocycles. The van der Waals surface area contributed by atoms with E-state index in [1.807, 2.05) is 0 Å². The molecule has 0 radical (unpaired) electrons. The minimum atomic E-state index is -0.504. The number of fused-ring (bicyclic) bond motifs is 1. The fourth-order valence-electron chi connectivity index (χ4n) is 3.00. The predicted octanol–water partition coefficient (Wildman–Crippen LogP) is 2.09. The van der Waals surface area contributed by atoms with Crippen molar-refractivity contribution in [2.45, 2.75) is 19.1 Å². The smallest absolute Gasteiger partial charge is 0.247 e.